The van der Waals surface area contributed by atoms with Crippen LogP contribution in [0.4, 0.5) is 0 Å². The fourth-order valence-electron chi connectivity index (χ4n) is 4.30. The van der Waals surface area contributed by atoms with E-state index in [1.807, 2.05) is 34.0 Å². The van der Waals surface area contributed by atoms with Gasteiger partial charge < -0.3 is 14.8 Å². The summed E-state index contributed by atoms with van der Waals surface area (Å²) < 4.78 is 1.90. The number of fused-ring (bicyclic) bond motifs is 1. The summed E-state index contributed by atoms with van der Waals surface area (Å²) in [7, 11) is 1.90. The number of allylic oxidation sites excluding steroid dienone is 2. The van der Waals surface area contributed by atoms with Crippen LogP contribution in [0.2, 0.25) is 0 Å². The Morgan fingerprint density at radius 3 is 2.83 bits per heavy atom. The summed E-state index contributed by atoms with van der Waals surface area (Å²) in [5, 5.41) is 4.96. The molecule has 7 heteroatoms. The molecule has 1 unspecified atom stereocenters. The highest BCUT2D eigenvalue weighted by Gasteiger charge is 2.37. The van der Waals surface area contributed by atoms with E-state index in [9.17, 15) is 9.59 Å². The third kappa shape index (κ3) is 4.01. The smallest absolute Gasteiger partial charge is 0.287 e. The van der Waals surface area contributed by atoms with Crippen molar-refractivity contribution in [3.8, 4) is 0 Å². The highest BCUT2D eigenvalue weighted by atomic mass is 32.1. The summed E-state index contributed by atoms with van der Waals surface area (Å²) in [6.45, 7) is 3.95. The van der Waals surface area contributed by atoms with Crippen LogP contribution in [0.15, 0.2) is 29.7 Å². The van der Waals surface area contributed by atoms with E-state index in [0.717, 1.165) is 41.9 Å². The van der Waals surface area contributed by atoms with Crippen LogP contribution in [0.25, 0.3) is 0 Å². The van der Waals surface area contributed by atoms with Gasteiger partial charge in [-0.05, 0) is 30.7 Å². The Hall–Kier alpha value is -2.41. The van der Waals surface area contributed by atoms with Gasteiger partial charge in [-0.15, -0.1) is 11.3 Å². The van der Waals surface area contributed by atoms with Gasteiger partial charge in [0.15, 0.2) is 5.82 Å². The predicted molar refractivity (Wildman–Crippen MR) is 114 cm³/mol. The fraction of sp³-hybridized carbons (Fsp3) is 0.500. The van der Waals surface area contributed by atoms with Crippen molar-refractivity contribution in [2.24, 2.45) is 12.5 Å². The first-order valence-electron chi connectivity index (χ1n) is 10.3. The Morgan fingerprint density at radius 2 is 2.10 bits per heavy atom. The lowest BCUT2D eigenvalue weighted by atomic mass is 9.77. The van der Waals surface area contributed by atoms with Crippen LogP contribution in [-0.4, -0.2) is 39.4 Å². The SMILES string of the molecule is Cn1c(C(=O)NCc2cccs2)nc2c1CCN(C(=O)C1(C)CC=CCC1)CC2. The van der Waals surface area contributed by atoms with Crippen molar-refractivity contribution in [2.75, 3.05) is 13.1 Å². The lowest BCUT2D eigenvalue weighted by molar-refractivity contribution is -0.141. The lowest BCUT2D eigenvalue weighted by Gasteiger charge is -2.35. The summed E-state index contributed by atoms with van der Waals surface area (Å²) in [4.78, 5) is 33.5. The van der Waals surface area contributed by atoms with Crippen LogP contribution in [0.5, 0.6) is 0 Å². The average Bonchev–Trinajstić information content (AvgIpc) is 3.29. The topological polar surface area (TPSA) is 67.2 Å². The maximum atomic E-state index is 13.2. The minimum atomic E-state index is -0.286. The van der Waals surface area contributed by atoms with Gasteiger partial charge in [-0.1, -0.05) is 25.1 Å². The van der Waals surface area contributed by atoms with E-state index in [1.165, 1.54) is 0 Å². The molecular weight excluding hydrogens is 384 g/mol. The van der Waals surface area contributed by atoms with Gasteiger partial charge in [0.2, 0.25) is 5.91 Å². The minimum absolute atomic E-state index is 0.150. The Morgan fingerprint density at radius 1 is 1.28 bits per heavy atom. The number of thiophene rings is 1. The van der Waals surface area contributed by atoms with Crippen LogP contribution in [-0.2, 0) is 31.2 Å². The molecule has 0 aromatic carbocycles. The maximum Gasteiger partial charge on any atom is 0.287 e. The molecule has 2 aliphatic rings. The molecule has 0 spiro atoms. The number of imidazole rings is 1. The van der Waals surface area contributed by atoms with Crippen LogP contribution in [0.3, 0.4) is 0 Å². The molecule has 0 saturated carbocycles. The number of rotatable bonds is 4. The minimum Gasteiger partial charge on any atom is -0.344 e. The summed E-state index contributed by atoms with van der Waals surface area (Å²) in [6, 6.07) is 3.99. The highest BCUT2D eigenvalue weighted by Crippen LogP contribution is 2.34. The molecule has 29 heavy (non-hydrogen) atoms. The standard InChI is InChI=1S/C22H28N4O2S/c1-22(10-4-3-5-11-22)21(28)26-12-8-17-18(9-13-26)25(2)19(24-17)20(27)23-15-16-7-6-14-29-16/h3-4,6-7,14H,5,8-13,15H2,1-2H3,(H,23,27). The zero-order valence-corrected chi connectivity index (χ0v) is 17.9. The molecule has 2 aromatic heterocycles. The number of nitrogens with zero attached hydrogens (tertiary/aromatic N) is 3. The van der Waals surface area contributed by atoms with Crippen molar-refractivity contribution < 1.29 is 9.59 Å². The lowest BCUT2D eigenvalue weighted by Crippen LogP contribution is -2.44. The van der Waals surface area contributed by atoms with Gasteiger partial charge in [-0.3, -0.25) is 9.59 Å². The summed E-state index contributed by atoms with van der Waals surface area (Å²) in [5.74, 6) is 0.558. The predicted octanol–water partition coefficient (Wildman–Crippen LogP) is 3.09. The van der Waals surface area contributed by atoms with Crippen molar-refractivity contribution in [3.05, 3.63) is 51.8 Å². The first-order valence-corrected chi connectivity index (χ1v) is 11.2. The second kappa shape index (κ2) is 8.14. The van der Waals surface area contributed by atoms with E-state index in [-0.39, 0.29) is 17.2 Å². The number of amides is 2. The van der Waals surface area contributed by atoms with Crippen LogP contribution in [0, 0.1) is 5.41 Å². The highest BCUT2D eigenvalue weighted by molar-refractivity contribution is 7.09. The number of nitrogens with one attached hydrogen (secondary N) is 1. The van der Waals surface area contributed by atoms with Crippen LogP contribution < -0.4 is 5.32 Å². The van der Waals surface area contributed by atoms with Crippen molar-refractivity contribution in [2.45, 2.75) is 45.6 Å². The van der Waals surface area contributed by atoms with E-state index in [0.29, 0.717) is 31.9 Å². The Bertz CT molecular complexity index is 931. The number of hydrogen-bond donors (Lipinski definition) is 1. The monoisotopic (exact) mass is 412 g/mol. The Labute approximate surface area is 175 Å². The molecule has 2 amide bonds. The Balaban J connectivity index is 1.43. The molecule has 2 aromatic rings. The largest absolute Gasteiger partial charge is 0.344 e. The second-order valence-corrected chi connectivity index (χ2v) is 9.25. The number of aromatic nitrogens is 2. The van der Waals surface area contributed by atoms with Gasteiger partial charge >= 0.3 is 0 Å². The molecule has 1 aliphatic carbocycles. The molecule has 0 fully saturated rings. The second-order valence-electron chi connectivity index (χ2n) is 8.22. The summed E-state index contributed by atoms with van der Waals surface area (Å²) in [5.41, 5.74) is 1.72. The molecule has 0 saturated heterocycles. The molecule has 6 nitrogen and oxygen atoms in total. The third-order valence-corrected chi connectivity index (χ3v) is 7.02. The summed E-state index contributed by atoms with van der Waals surface area (Å²) >= 11 is 1.63. The van der Waals surface area contributed by atoms with Crippen LogP contribution in [0.1, 0.15) is 53.1 Å². The number of hydrogen-bond acceptors (Lipinski definition) is 4. The third-order valence-electron chi connectivity index (χ3n) is 6.14. The first-order chi connectivity index (χ1) is 14.0. The average molecular weight is 413 g/mol. The van der Waals surface area contributed by atoms with Crippen molar-refractivity contribution in [1.29, 1.82) is 0 Å². The molecule has 1 N–H and O–H groups in total. The van der Waals surface area contributed by atoms with Crippen LogP contribution >= 0.6 is 11.3 Å². The van der Waals surface area contributed by atoms with Gasteiger partial charge in [0.05, 0.1) is 17.7 Å². The van der Waals surface area contributed by atoms with Crippen molar-refractivity contribution in [3.63, 3.8) is 0 Å². The van der Waals surface area contributed by atoms with Gasteiger partial charge in [0.25, 0.3) is 5.91 Å². The van der Waals surface area contributed by atoms with E-state index in [4.69, 9.17) is 0 Å². The van der Waals surface area contributed by atoms with E-state index >= 15 is 0 Å². The zero-order chi connectivity index (χ0) is 20.4. The van der Waals surface area contributed by atoms with E-state index in [2.05, 4.69) is 29.4 Å². The zero-order valence-electron chi connectivity index (χ0n) is 17.1. The first kappa shape index (κ1) is 19.9. The molecule has 0 bridgehead atoms. The molecule has 0 radical (unpaired) electrons. The van der Waals surface area contributed by atoms with Gasteiger partial charge in [-0.25, -0.2) is 4.98 Å². The van der Waals surface area contributed by atoms with Crippen molar-refractivity contribution in [1.82, 2.24) is 19.8 Å². The molecule has 1 atom stereocenters. The normalized spacial score (nSPS) is 21.5. The van der Waals surface area contributed by atoms with E-state index in [1.54, 1.807) is 11.3 Å². The van der Waals surface area contributed by atoms with Crippen molar-refractivity contribution >= 4 is 23.2 Å². The maximum absolute atomic E-state index is 13.2. The van der Waals surface area contributed by atoms with E-state index < -0.39 is 0 Å². The fourth-order valence-corrected chi connectivity index (χ4v) is 4.95. The number of carbonyl (C=O) groups excluding carboxylic acids is 2. The van der Waals surface area contributed by atoms with Gasteiger partial charge in [-0.2, -0.15) is 0 Å². The molecule has 154 valence electrons. The molecule has 1 aliphatic heterocycles. The number of carbonyl (C=O) groups is 2. The van der Waals surface area contributed by atoms with Gasteiger partial charge in [0.1, 0.15) is 0 Å². The Kier molecular flexibility index (Phi) is 5.58. The molecule has 4 rings (SSSR count). The molecule has 3 heterocycles. The quantitative estimate of drug-likeness (QED) is 0.785. The van der Waals surface area contributed by atoms with Gasteiger partial charge in [0, 0.05) is 43.5 Å². The molecular formula is C22H28N4O2S. The summed E-state index contributed by atoms with van der Waals surface area (Å²) in [6.07, 6.45) is 8.44.